The second-order valence-corrected chi connectivity index (χ2v) is 10.9. The summed E-state index contributed by atoms with van der Waals surface area (Å²) >= 11 is 0. The molecule has 0 spiro atoms. The third kappa shape index (κ3) is 7.90. The van der Waals surface area contributed by atoms with Crippen molar-refractivity contribution < 1.29 is 19.1 Å². The molecule has 10 nitrogen and oxygen atoms in total. The van der Waals surface area contributed by atoms with Crippen LogP contribution in [0.3, 0.4) is 0 Å². The number of likely N-dealkylation sites (N-methyl/N-ethyl adjacent to an activating group) is 2. The highest BCUT2D eigenvalue weighted by Gasteiger charge is 2.21. The van der Waals surface area contributed by atoms with Crippen molar-refractivity contribution in [3.8, 4) is 11.5 Å². The molecule has 0 unspecified atom stereocenters. The van der Waals surface area contributed by atoms with Crippen molar-refractivity contribution in [3.05, 3.63) is 77.9 Å². The predicted molar refractivity (Wildman–Crippen MR) is 171 cm³/mol. The average molecular weight is 587 g/mol. The lowest BCUT2D eigenvalue weighted by molar-refractivity contribution is -0.111. The maximum absolute atomic E-state index is 13.6. The number of hydrogen-bond acceptors (Lipinski definition) is 9. The Bertz CT molecular complexity index is 1450. The van der Waals surface area contributed by atoms with E-state index in [9.17, 15) is 9.59 Å². The van der Waals surface area contributed by atoms with Crippen molar-refractivity contribution in [2.45, 2.75) is 25.7 Å². The van der Waals surface area contributed by atoms with E-state index in [1.165, 1.54) is 12.5 Å². The second-order valence-electron chi connectivity index (χ2n) is 10.9. The maximum Gasteiger partial charge on any atom is 0.247 e. The minimum absolute atomic E-state index is 0.241. The molecule has 3 aromatic rings. The van der Waals surface area contributed by atoms with Crippen molar-refractivity contribution in [2.24, 2.45) is 0 Å². The molecule has 1 aromatic heterocycles. The number of methoxy groups -OCH3 is 2. The zero-order chi connectivity index (χ0) is 30.9. The van der Waals surface area contributed by atoms with E-state index in [4.69, 9.17) is 9.47 Å². The fraction of sp³-hybridized carbons (Fsp3) is 0.394. The van der Waals surface area contributed by atoms with Gasteiger partial charge in [-0.1, -0.05) is 6.58 Å². The SMILES string of the molecule is C=CC(=O)Nc1cc(Cc2nccc(C(=O)c3ccc(N4CCCCC4)cc3OC)n2)c(OC)cc1N(C)CCN(C)C. The first-order valence-electron chi connectivity index (χ1n) is 14.5. The number of ether oxygens (including phenoxy) is 2. The van der Waals surface area contributed by atoms with Crippen LogP contribution in [-0.4, -0.2) is 88.1 Å². The van der Waals surface area contributed by atoms with Crippen LogP contribution in [0.1, 0.15) is 46.7 Å². The van der Waals surface area contributed by atoms with Gasteiger partial charge in [0, 0.05) is 69.2 Å². The smallest absolute Gasteiger partial charge is 0.247 e. The van der Waals surface area contributed by atoms with Crippen molar-refractivity contribution >= 4 is 28.8 Å². The molecule has 43 heavy (non-hydrogen) atoms. The largest absolute Gasteiger partial charge is 0.496 e. The molecular weight excluding hydrogens is 544 g/mol. The lowest BCUT2D eigenvalue weighted by Gasteiger charge is -2.29. The number of nitrogens with zero attached hydrogens (tertiary/aromatic N) is 5. The highest BCUT2D eigenvalue weighted by atomic mass is 16.5. The van der Waals surface area contributed by atoms with Crippen molar-refractivity contribution in [2.75, 3.05) is 76.7 Å². The van der Waals surface area contributed by atoms with E-state index in [2.05, 4.69) is 36.6 Å². The number of piperidine rings is 1. The molecule has 0 radical (unpaired) electrons. The van der Waals surface area contributed by atoms with Crippen LogP contribution < -0.4 is 24.6 Å². The molecule has 1 amide bonds. The van der Waals surface area contributed by atoms with Crippen LogP contribution in [0, 0.1) is 0 Å². The monoisotopic (exact) mass is 586 g/mol. The van der Waals surface area contributed by atoms with Gasteiger partial charge in [0.2, 0.25) is 11.7 Å². The molecule has 4 rings (SSSR count). The first-order chi connectivity index (χ1) is 20.7. The van der Waals surface area contributed by atoms with Gasteiger partial charge < -0.3 is 29.5 Å². The number of amides is 1. The van der Waals surface area contributed by atoms with Crippen LogP contribution >= 0.6 is 0 Å². The normalized spacial score (nSPS) is 13.0. The summed E-state index contributed by atoms with van der Waals surface area (Å²) in [6.45, 7) is 7.16. The summed E-state index contributed by atoms with van der Waals surface area (Å²) in [5.74, 6) is 1.03. The molecule has 2 aromatic carbocycles. The summed E-state index contributed by atoms with van der Waals surface area (Å²) in [4.78, 5) is 41.4. The van der Waals surface area contributed by atoms with Crippen molar-refractivity contribution in [1.29, 1.82) is 0 Å². The molecule has 1 N–H and O–H groups in total. The van der Waals surface area contributed by atoms with Gasteiger partial charge in [-0.3, -0.25) is 9.59 Å². The Labute approximate surface area is 254 Å². The zero-order valence-electron chi connectivity index (χ0n) is 25.9. The van der Waals surface area contributed by atoms with Crippen LogP contribution in [0.15, 0.2) is 55.3 Å². The van der Waals surface area contributed by atoms with Gasteiger partial charge in [0.15, 0.2) is 0 Å². The van der Waals surface area contributed by atoms with E-state index in [0.717, 1.165) is 56.0 Å². The first-order valence-corrected chi connectivity index (χ1v) is 14.5. The number of nitrogens with one attached hydrogen (secondary N) is 1. The Balaban J connectivity index is 1.62. The summed E-state index contributed by atoms with van der Waals surface area (Å²) in [7, 11) is 9.17. The molecular formula is C33H42N6O4. The van der Waals surface area contributed by atoms with E-state index in [1.807, 2.05) is 51.5 Å². The Kier molecular flexibility index (Phi) is 10.7. The lowest BCUT2D eigenvalue weighted by Crippen LogP contribution is -2.29. The van der Waals surface area contributed by atoms with Crippen LogP contribution in [0.2, 0.25) is 0 Å². The Morgan fingerprint density at radius 3 is 2.42 bits per heavy atom. The number of carbonyl (C=O) groups excluding carboxylic acids is 2. The molecule has 1 fully saturated rings. The van der Waals surface area contributed by atoms with Gasteiger partial charge in [0.25, 0.3) is 0 Å². The van der Waals surface area contributed by atoms with Gasteiger partial charge in [0.05, 0.1) is 31.2 Å². The molecule has 0 atom stereocenters. The van der Waals surface area contributed by atoms with E-state index >= 15 is 0 Å². The van der Waals surface area contributed by atoms with Crippen LogP contribution in [0.5, 0.6) is 11.5 Å². The standard InChI is InChI=1S/C33H42N6O4/c1-7-32(40)36-27-19-23(29(42-5)22-28(27)38(4)18-17-37(2)3)20-31-34-14-13-26(35-31)33(41)25-12-11-24(21-30(25)43-6)39-15-9-8-10-16-39/h7,11-14,19,21-22H,1,8-10,15-18,20H2,2-6H3,(H,36,40). The molecule has 228 valence electrons. The molecule has 2 heterocycles. The average Bonchev–Trinajstić information content (AvgIpc) is 3.03. The van der Waals surface area contributed by atoms with E-state index < -0.39 is 0 Å². The van der Waals surface area contributed by atoms with Crippen LogP contribution in [-0.2, 0) is 11.2 Å². The Morgan fingerprint density at radius 2 is 1.74 bits per heavy atom. The number of carbonyl (C=O) groups is 2. The molecule has 0 bridgehead atoms. The lowest BCUT2D eigenvalue weighted by atomic mass is 10.0. The highest BCUT2D eigenvalue weighted by Crippen LogP contribution is 2.35. The zero-order valence-corrected chi connectivity index (χ0v) is 25.9. The number of hydrogen-bond donors (Lipinski definition) is 1. The van der Waals surface area contributed by atoms with Gasteiger partial charge >= 0.3 is 0 Å². The Morgan fingerprint density at radius 1 is 1.00 bits per heavy atom. The summed E-state index contributed by atoms with van der Waals surface area (Å²) in [6, 6.07) is 11.1. The van der Waals surface area contributed by atoms with Crippen LogP contribution in [0.4, 0.5) is 17.1 Å². The van der Waals surface area contributed by atoms with Gasteiger partial charge in [-0.2, -0.15) is 0 Å². The van der Waals surface area contributed by atoms with Gasteiger partial charge in [0.1, 0.15) is 23.0 Å². The van der Waals surface area contributed by atoms with Crippen LogP contribution in [0.25, 0.3) is 0 Å². The third-order valence-corrected chi connectivity index (χ3v) is 7.57. The topological polar surface area (TPSA) is 100 Å². The van der Waals surface area contributed by atoms with Crippen molar-refractivity contribution in [3.63, 3.8) is 0 Å². The first kappa shape index (κ1) is 31.5. The molecule has 10 heteroatoms. The number of ketones is 1. The minimum Gasteiger partial charge on any atom is -0.496 e. The minimum atomic E-state index is -0.317. The number of rotatable bonds is 13. The second kappa shape index (κ2) is 14.6. The van der Waals surface area contributed by atoms with E-state index in [0.29, 0.717) is 28.6 Å². The van der Waals surface area contributed by atoms with Gasteiger partial charge in [-0.15, -0.1) is 0 Å². The predicted octanol–water partition coefficient (Wildman–Crippen LogP) is 4.43. The van der Waals surface area contributed by atoms with E-state index in [1.54, 1.807) is 26.5 Å². The van der Waals surface area contributed by atoms with Gasteiger partial charge in [-0.05, 0) is 63.7 Å². The fourth-order valence-electron chi connectivity index (χ4n) is 5.15. The highest BCUT2D eigenvalue weighted by molar-refractivity contribution is 6.09. The molecule has 0 aliphatic carbocycles. The molecule has 0 saturated carbocycles. The van der Waals surface area contributed by atoms with Crippen molar-refractivity contribution in [1.82, 2.24) is 14.9 Å². The summed E-state index contributed by atoms with van der Waals surface area (Å²) in [5.41, 5.74) is 3.96. The third-order valence-electron chi connectivity index (χ3n) is 7.57. The maximum atomic E-state index is 13.6. The molecule has 1 aliphatic rings. The molecule has 1 saturated heterocycles. The summed E-state index contributed by atoms with van der Waals surface area (Å²) in [5, 5.41) is 2.92. The molecule has 1 aliphatic heterocycles. The fourth-order valence-corrected chi connectivity index (χ4v) is 5.15. The number of benzene rings is 2. The number of anilines is 3. The van der Waals surface area contributed by atoms with Gasteiger partial charge in [-0.25, -0.2) is 9.97 Å². The van der Waals surface area contributed by atoms with E-state index in [-0.39, 0.29) is 23.8 Å². The summed E-state index contributed by atoms with van der Waals surface area (Å²) < 4.78 is 11.4. The number of aromatic nitrogens is 2. The summed E-state index contributed by atoms with van der Waals surface area (Å²) in [6.07, 6.45) is 6.67. The quantitative estimate of drug-likeness (QED) is 0.230. The Hall–Kier alpha value is -4.44.